The molecule has 0 atom stereocenters. The van der Waals surface area contributed by atoms with Crippen molar-refractivity contribution in [2.45, 2.75) is 103 Å². The first-order valence-electron chi connectivity index (χ1n) is 9.46. The van der Waals surface area contributed by atoms with Crippen LogP contribution in [0.25, 0.3) is 0 Å². The average molecular weight is 318 g/mol. The van der Waals surface area contributed by atoms with E-state index in [4.69, 9.17) is 10.2 Å². The molecule has 0 amide bonds. The summed E-state index contributed by atoms with van der Waals surface area (Å²) in [6.45, 7) is 2.70. The maximum Gasteiger partial charge on any atom is 0.166 e. The van der Waals surface area contributed by atoms with E-state index >= 15 is 0 Å². The molecule has 0 aromatic carbocycles. The lowest BCUT2D eigenvalue weighted by atomic mass is 10.0. The second kappa shape index (κ2) is 17.2. The molecule has 0 saturated heterocycles. The second-order valence-corrected chi connectivity index (χ2v) is 6.49. The fraction of sp³-hybridized carbons (Fsp3) is 1.00. The van der Waals surface area contributed by atoms with Crippen molar-refractivity contribution in [1.29, 1.82) is 0 Å². The van der Waals surface area contributed by atoms with Crippen LogP contribution in [0, 0.1) is 0 Å². The molecule has 0 fully saturated rings. The largest absolute Gasteiger partial charge is 0.367 e. The van der Waals surface area contributed by atoms with E-state index in [1.54, 1.807) is 0 Å². The Morgan fingerprint density at radius 1 is 0.636 bits per heavy atom. The molecule has 0 radical (unpaired) electrons. The molecule has 0 bridgehead atoms. The maximum absolute atomic E-state index is 9.32. The molecule has 0 heterocycles. The summed E-state index contributed by atoms with van der Waals surface area (Å²) in [6, 6.07) is 0. The van der Waals surface area contributed by atoms with E-state index in [1.807, 2.05) is 0 Å². The van der Waals surface area contributed by atoms with Crippen LogP contribution >= 0.6 is 0 Å². The van der Waals surface area contributed by atoms with Crippen LogP contribution in [0.2, 0.25) is 0 Å². The van der Waals surface area contributed by atoms with Gasteiger partial charge in [-0.05, 0) is 6.42 Å². The molecule has 0 aliphatic carbocycles. The number of rotatable bonds is 17. The molecule has 0 aromatic heterocycles. The molecule has 0 spiro atoms. The average Bonchev–Trinajstić information content (AvgIpc) is 2.47. The van der Waals surface area contributed by atoms with Crippen molar-refractivity contribution >= 4 is 0 Å². The summed E-state index contributed by atoms with van der Waals surface area (Å²) in [5.74, 6) is 0. The molecule has 22 heavy (non-hydrogen) atoms. The van der Waals surface area contributed by atoms with Crippen LogP contribution in [0.15, 0.2) is 0 Å². The zero-order valence-electron chi connectivity index (χ0n) is 14.7. The molecule has 0 aromatic rings. The number of unbranched alkanes of at least 4 members (excludes halogenated alkanes) is 13. The minimum absolute atomic E-state index is 0.0849. The predicted molar refractivity (Wildman–Crippen MR) is 91.9 cm³/mol. The smallest absolute Gasteiger partial charge is 0.166 e. The number of hydroxylamine groups is 2. The van der Waals surface area contributed by atoms with Gasteiger partial charge in [-0.3, -0.25) is 0 Å². The van der Waals surface area contributed by atoms with Crippen LogP contribution in [0.3, 0.4) is 0 Å². The highest BCUT2D eigenvalue weighted by atomic mass is 16.5. The summed E-state index contributed by atoms with van der Waals surface area (Å²) in [5.41, 5.74) is 0. The van der Waals surface area contributed by atoms with E-state index in [0.29, 0.717) is 6.54 Å². The zero-order chi connectivity index (χ0) is 16.5. The van der Waals surface area contributed by atoms with Gasteiger partial charge in [0.2, 0.25) is 0 Å². The van der Waals surface area contributed by atoms with Gasteiger partial charge in [0.1, 0.15) is 0 Å². The van der Waals surface area contributed by atoms with Crippen molar-refractivity contribution in [1.82, 2.24) is 5.06 Å². The Hall–Kier alpha value is -0.160. The van der Waals surface area contributed by atoms with Gasteiger partial charge in [0.25, 0.3) is 0 Å². The molecule has 3 N–H and O–H groups in total. The Kier molecular flexibility index (Phi) is 17.1. The van der Waals surface area contributed by atoms with Gasteiger partial charge in [0.05, 0.1) is 6.54 Å². The fourth-order valence-corrected chi connectivity index (χ4v) is 2.77. The SMILES string of the molecule is CCCCCCCCCCCCCCCCN(O)CC(O)O. The summed E-state index contributed by atoms with van der Waals surface area (Å²) in [5, 5.41) is 27.7. The summed E-state index contributed by atoms with van der Waals surface area (Å²) in [7, 11) is 0. The van der Waals surface area contributed by atoms with Gasteiger partial charge in [0.15, 0.2) is 6.29 Å². The van der Waals surface area contributed by atoms with Crippen LogP contribution in [0.1, 0.15) is 96.8 Å². The maximum atomic E-state index is 9.32. The van der Waals surface area contributed by atoms with Crippen molar-refractivity contribution in [2.24, 2.45) is 0 Å². The normalized spacial score (nSPS) is 11.7. The fourth-order valence-electron chi connectivity index (χ4n) is 2.77. The van der Waals surface area contributed by atoms with Gasteiger partial charge < -0.3 is 15.4 Å². The molecule has 0 unspecified atom stereocenters. The molecule has 0 rings (SSSR count). The summed E-state index contributed by atoms with van der Waals surface area (Å²) in [6.07, 6.45) is 16.9. The van der Waals surface area contributed by atoms with E-state index in [2.05, 4.69) is 6.92 Å². The van der Waals surface area contributed by atoms with Gasteiger partial charge in [-0.15, -0.1) is 0 Å². The lowest BCUT2D eigenvalue weighted by Gasteiger charge is -2.15. The van der Waals surface area contributed by atoms with Crippen molar-refractivity contribution in [3.8, 4) is 0 Å². The van der Waals surface area contributed by atoms with Crippen LogP contribution < -0.4 is 0 Å². The van der Waals surface area contributed by atoms with Crippen molar-refractivity contribution in [3.05, 3.63) is 0 Å². The highest BCUT2D eigenvalue weighted by Crippen LogP contribution is 2.12. The monoisotopic (exact) mass is 317 g/mol. The Bertz CT molecular complexity index is 213. The number of aliphatic hydroxyl groups excluding tert-OH is 1. The third-order valence-electron chi connectivity index (χ3n) is 4.14. The van der Waals surface area contributed by atoms with Crippen LogP contribution in [0.5, 0.6) is 0 Å². The van der Waals surface area contributed by atoms with E-state index in [0.717, 1.165) is 17.9 Å². The molecule has 134 valence electrons. The number of nitrogens with zero attached hydrogens (tertiary/aromatic N) is 1. The summed E-state index contributed by atoms with van der Waals surface area (Å²) in [4.78, 5) is 0. The number of hydrogen-bond acceptors (Lipinski definition) is 4. The van der Waals surface area contributed by atoms with E-state index in [-0.39, 0.29) is 6.54 Å². The summed E-state index contributed by atoms with van der Waals surface area (Å²) < 4.78 is 0. The Morgan fingerprint density at radius 3 is 1.36 bits per heavy atom. The van der Waals surface area contributed by atoms with Crippen molar-refractivity contribution < 1.29 is 15.4 Å². The molecule has 4 nitrogen and oxygen atoms in total. The lowest BCUT2D eigenvalue weighted by Crippen LogP contribution is -2.30. The number of hydrogen-bond donors (Lipinski definition) is 3. The minimum atomic E-state index is -1.45. The predicted octanol–water partition coefficient (Wildman–Crippen LogP) is 4.47. The topological polar surface area (TPSA) is 63.9 Å². The molecular weight excluding hydrogens is 278 g/mol. The molecular formula is C18H39NO3. The van der Waals surface area contributed by atoms with Gasteiger partial charge >= 0.3 is 0 Å². The molecule has 4 heteroatoms. The van der Waals surface area contributed by atoms with Crippen LogP contribution in [-0.2, 0) is 0 Å². The third kappa shape index (κ3) is 17.9. The van der Waals surface area contributed by atoms with E-state index in [9.17, 15) is 5.21 Å². The molecule has 0 aliphatic heterocycles. The van der Waals surface area contributed by atoms with Gasteiger partial charge in [0, 0.05) is 6.54 Å². The standard InChI is InChI=1S/C18H39NO3/c1-2-3-4-5-6-7-8-9-10-11-12-13-14-15-16-19(22)17-18(20)21/h18,20-22H,2-17H2,1H3. The van der Waals surface area contributed by atoms with E-state index < -0.39 is 6.29 Å². The first-order valence-corrected chi connectivity index (χ1v) is 9.46. The van der Waals surface area contributed by atoms with Gasteiger partial charge in [-0.25, -0.2) is 0 Å². The third-order valence-corrected chi connectivity index (χ3v) is 4.14. The Balaban J connectivity index is 3.05. The van der Waals surface area contributed by atoms with Crippen LogP contribution in [-0.4, -0.2) is 39.9 Å². The lowest BCUT2D eigenvalue weighted by molar-refractivity contribution is -0.158. The van der Waals surface area contributed by atoms with Gasteiger partial charge in [-0.1, -0.05) is 90.4 Å². The second-order valence-electron chi connectivity index (χ2n) is 6.49. The quantitative estimate of drug-likeness (QED) is 0.210. The first-order chi connectivity index (χ1) is 10.7. The zero-order valence-corrected chi connectivity index (χ0v) is 14.7. The number of aliphatic hydroxyl groups is 2. The van der Waals surface area contributed by atoms with Crippen molar-refractivity contribution in [2.75, 3.05) is 13.1 Å². The first kappa shape index (κ1) is 21.8. The Labute approximate surface area is 137 Å². The van der Waals surface area contributed by atoms with E-state index in [1.165, 1.54) is 77.0 Å². The highest BCUT2D eigenvalue weighted by molar-refractivity contribution is 4.51. The van der Waals surface area contributed by atoms with Crippen molar-refractivity contribution in [3.63, 3.8) is 0 Å². The molecule has 0 aliphatic rings. The minimum Gasteiger partial charge on any atom is -0.367 e. The van der Waals surface area contributed by atoms with Gasteiger partial charge in [-0.2, -0.15) is 5.06 Å². The summed E-state index contributed by atoms with van der Waals surface area (Å²) >= 11 is 0. The molecule has 0 saturated carbocycles. The van der Waals surface area contributed by atoms with Crippen LogP contribution in [0.4, 0.5) is 0 Å². The Morgan fingerprint density at radius 2 is 1.00 bits per heavy atom. The highest BCUT2D eigenvalue weighted by Gasteiger charge is 2.04.